The molecule has 1 unspecified atom stereocenters. The topological polar surface area (TPSA) is 81.1 Å². The van der Waals surface area contributed by atoms with Crippen molar-refractivity contribution in [2.45, 2.75) is 17.9 Å². The van der Waals surface area contributed by atoms with Crippen LogP contribution in [0, 0.1) is 0 Å². The molecule has 0 aliphatic carbocycles. The maximum atomic E-state index is 11.2. The van der Waals surface area contributed by atoms with Gasteiger partial charge in [-0.05, 0) is 6.92 Å². The quantitative estimate of drug-likeness (QED) is 0.774. The predicted molar refractivity (Wildman–Crippen MR) is 54.0 cm³/mol. The summed E-state index contributed by atoms with van der Waals surface area (Å²) in [5.41, 5.74) is 0. The molecule has 0 aliphatic heterocycles. The van der Waals surface area contributed by atoms with Crippen molar-refractivity contribution in [2.24, 2.45) is 0 Å². The highest BCUT2D eigenvalue weighted by atomic mass is 35.7. The zero-order valence-corrected chi connectivity index (χ0v) is 9.71. The number of nitrogens with one attached hydrogen (secondary N) is 1. The van der Waals surface area contributed by atoms with Gasteiger partial charge in [-0.15, -0.1) is 0 Å². The SMILES string of the molecule is CNC(=O)C(C)n1cc(S(=O)(=O)Cl)cn1. The average Bonchev–Trinajstić information content (AvgIpc) is 2.63. The largest absolute Gasteiger partial charge is 0.357 e. The smallest absolute Gasteiger partial charge is 0.264 e. The number of hydrogen-bond acceptors (Lipinski definition) is 4. The lowest BCUT2D eigenvalue weighted by Gasteiger charge is -2.09. The summed E-state index contributed by atoms with van der Waals surface area (Å²) in [6.45, 7) is 1.59. The van der Waals surface area contributed by atoms with Gasteiger partial charge in [-0.25, -0.2) is 8.42 Å². The number of nitrogens with zero attached hydrogens (tertiary/aromatic N) is 2. The fourth-order valence-electron chi connectivity index (χ4n) is 0.987. The summed E-state index contributed by atoms with van der Waals surface area (Å²) in [5, 5.41) is 6.17. The maximum absolute atomic E-state index is 11.2. The van der Waals surface area contributed by atoms with Gasteiger partial charge in [0.25, 0.3) is 9.05 Å². The molecule has 0 aromatic carbocycles. The molecule has 1 N–H and O–H groups in total. The number of hydrogen-bond donors (Lipinski definition) is 1. The molecule has 0 saturated carbocycles. The number of likely N-dealkylation sites (N-methyl/N-ethyl adjacent to an activating group) is 1. The summed E-state index contributed by atoms with van der Waals surface area (Å²) in [5.74, 6) is -0.267. The van der Waals surface area contributed by atoms with Crippen LogP contribution >= 0.6 is 10.7 Å². The highest BCUT2D eigenvalue weighted by Crippen LogP contribution is 2.15. The lowest BCUT2D eigenvalue weighted by Crippen LogP contribution is -2.27. The van der Waals surface area contributed by atoms with Crippen molar-refractivity contribution in [3.05, 3.63) is 12.4 Å². The first kappa shape index (κ1) is 12.0. The van der Waals surface area contributed by atoms with Gasteiger partial charge in [-0.1, -0.05) is 0 Å². The highest BCUT2D eigenvalue weighted by Gasteiger charge is 2.18. The Kier molecular flexibility index (Phi) is 3.35. The van der Waals surface area contributed by atoms with Gasteiger partial charge in [0.15, 0.2) is 0 Å². The van der Waals surface area contributed by atoms with Crippen molar-refractivity contribution in [1.82, 2.24) is 15.1 Å². The molecule has 0 saturated heterocycles. The number of carbonyl (C=O) groups excluding carboxylic acids is 1. The van der Waals surface area contributed by atoms with Crippen LogP contribution in [0.2, 0.25) is 0 Å². The number of rotatable bonds is 3. The van der Waals surface area contributed by atoms with Crippen molar-refractivity contribution in [2.75, 3.05) is 7.05 Å². The molecule has 6 nitrogen and oxygen atoms in total. The third kappa shape index (κ3) is 2.69. The normalized spacial score (nSPS) is 13.5. The third-order valence-corrected chi connectivity index (χ3v) is 3.19. The van der Waals surface area contributed by atoms with E-state index in [1.165, 1.54) is 17.9 Å². The molecular weight excluding hydrogens is 242 g/mol. The lowest BCUT2D eigenvalue weighted by atomic mass is 10.3. The second-order valence-electron chi connectivity index (χ2n) is 2.88. The Bertz CT molecular complexity index is 468. The van der Waals surface area contributed by atoms with E-state index in [9.17, 15) is 13.2 Å². The molecule has 1 atom stereocenters. The van der Waals surface area contributed by atoms with Crippen LogP contribution in [0.25, 0.3) is 0 Å². The molecule has 0 radical (unpaired) electrons. The predicted octanol–water partition coefficient (Wildman–Crippen LogP) is 0.118. The average molecular weight is 252 g/mol. The molecule has 1 aromatic heterocycles. The first-order valence-electron chi connectivity index (χ1n) is 4.06. The lowest BCUT2D eigenvalue weighted by molar-refractivity contribution is -0.123. The van der Waals surface area contributed by atoms with Crippen LogP contribution in [0.3, 0.4) is 0 Å². The minimum absolute atomic E-state index is 0.125. The summed E-state index contributed by atoms with van der Waals surface area (Å²) in [7, 11) is 2.81. The van der Waals surface area contributed by atoms with Gasteiger partial charge < -0.3 is 5.32 Å². The van der Waals surface area contributed by atoms with Crippen LogP contribution in [0.1, 0.15) is 13.0 Å². The van der Waals surface area contributed by atoms with E-state index in [-0.39, 0.29) is 10.8 Å². The van der Waals surface area contributed by atoms with E-state index in [1.807, 2.05) is 0 Å². The molecule has 1 aromatic rings. The first-order chi connectivity index (χ1) is 6.86. The first-order valence-corrected chi connectivity index (χ1v) is 6.37. The van der Waals surface area contributed by atoms with Gasteiger partial charge in [0.05, 0.1) is 6.20 Å². The Labute approximate surface area is 91.6 Å². The van der Waals surface area contributed by atoms with Crippen molar-refractivity contribution in [3.8, 4) is 0 Å². The van der Waals surface area contributed by atoms with Gasteiger partial charge in [-0.2, -0.15) is 5.10 Å². The van der Waals surface area contributed by atoms with Crippen molar-refractivity contribution >= 4 is 25.6 Å². The molecule has 0 bridgehead atoms. The molecule has 84 valence electrons. The van der Waals surface area contributed by atoms with Gasteiger partial charge in [-0.3, -0.25) is 9.48 Å². The molecule has 0 spiro atoms. The van der Waals surface area contributed by atoms with Crippen molar-refractivity contribution in [1.29, 1.82) is 0 Å². The Morgan fingerprint density at radius 3 is 2.67 bits per heavy atom. The second-order valence-corrected chi connectivity index (χ2v) is 5.45. The van der Waals surface area contributed by atoms with Crippen LogP contribution in [0.5, 0.6) is 0 Å². The molecular formula is C7H10ClN3O3S. The van der Waals surface area contributed by atoms with E-state index in [2.05, 4.69) is 10.4 Å². The van der Waals surface area contributed by atoms with E-state index in [1.54, 1.807) is 6.92 Å². The second kappa shape index (κ2) is 4.19. The number of amides is 1. The van der Waals surface area contributed by atoms with E-state index < -0.39 is 15.1 Å². The van der Waals surface area contributed by atoms with Crippen LogP contribution < -0.4 is 5.32 Å². The van der Waals surface area contributed by atoms with E-state index in [0.717, 1.165) is 6.20 Å². The van der Waals surface area contributed by atoms with Gasteiger partial charge in [0, 0.05) is 23.9 Å². The Morgan fingerprint density at radius 2 is 2.27 bits per heavy atom. The van der Waals surface area contributed by atoms with E-state index >= 15 is 0 Å². The monoisotopic (exact) mass is 251 g/mol. The van der Waals surface area contributed by atoms with Gasteiger partial charge in [0.2, 0.25) is 5.91 Å². The Hall–Kier alpha value is -1.08. The molecule has 1 rings (SSSR count). The molecule has 0 aliphatic rings. The summed E-state index contributed by atoms with van der Waals surface area (Å²) in [6.07, 6.45) is 2.31. The fraction of sp³-hybridized carbons (Fsp3) is 0.429. The molecule has 1 heterocycles. The van der Waals surface area contributed by atoms with Crippen LogP contribution in [0.15, 0.2) is 17.3 Å². The summed E-state index contributed by atoms with van der Waals surface area (Å²) < 4.78 is 23.1. The van der Waals surface area contributed by atoms with Crippen LogP contribution in [-0.2, 0) is 13.8 Å². The third-order valence-electron chi connectivity index (χ3n) is 1.88. The standard InChI is InChI=1S/C7H10ClN3O3S/c1-5(7(12)9-2)11-4-6(3-10-11)15(8,13)14/h3-5H,1-2H3,(H,9,12). The summed E-state index contributed by atoms with van der Waals surface area (Å²) in [4.78, 5) is 11.1. The zero-order valence-electron chi connectivity index (χ0n) is 8.14. The maximum Gasteiger partial charge on any atom is 0.264 e. The van der Waals surface area contributed by atoms with Gasteiger partial charge >= 0.3 is 0 Å². The molecule has 0 fully saturated rings. The molecule has 15 heavy (non-hydrogen) atoms. The highest BCUT2D eigenvalue weighted by molar-refractivity contribution is 8.13. The minimum Gasteiger partial charge on any atom is -0.357 e. The van der Waals surface area contributed by atoms with E-state index in [4.69, 9.17) is 10.7 Å². The number of halogens is 1. The summed E-state index contributed by atoms with van der Waals surface area (Å²) in [6, 6.07) is -0.581. The van der Waals surface area contributed by atoms with Gasteiger partial charge in [0.1, 0.15) is 10.9 Å². The minimum atomic E-state index is -3.79. The number of aromatic nitrogens is 2. The number of carbonyl (C=O) groups is 1. The summed E-state index contributed by atoms with van der Waals surface area (Å²) >= 11 is 0. The molecule has 1 amide bonds. The van der Waals surface area contributed by atoms with Crippen molar-refractivity contribution < 1.29 is 13.2 Å². The van der Waals surface area contributed by atoms with Crippen LogP contribution in [0.4, 0.5) is 0 Å². The van der Waals surface area contributed by atoms with E-state index in [0.29, 0.717) is 0 Å². The molecule has 8 heteroatoms. The Balaban J connectivity index is 3.00. The van der Waals surface area contributed by atoms with Crippen molar-refractivity contribution in [3.63, 3.8) is 0 Å². The zero-order chi connectivity index (χ0) is 11.6. The fourth-order valence-corrected chi connectivity index (χ4v) is 1.63. The Morgan fingerprint density at radius 1 is 1.67 bits per heavy atom. The van der Waals surface area contributed by atoms with Crippen LogP contribution in [-0.4, -0.2) is 31.2 Å².